The molecule has 1 aliphatic carbocycles. The Kier molecular flexibility index (Phi) is 5.58. The predicted molar refractivity (Wildman–Crippen MR) is 80.2 cm³/mol. The van der Waals surface area contributed by atoms with Gasteiger partial charge in [-0.3, -0.25) is 5.32 Å². The Bertz CT molecular complexity index is 434. The average Bonchev–Trinajstić information content (AvgIpc) is 2.54. The molecule has 1 unspecified atom stereocenters. The van der Waals surface area contributed by atoms with Crippen LogP contribution in [0.5, 0.6) is 0 Å². The van der Waals surface area contributed by atoms with Crippen LogP contribution in [0.1, 0.15) is 44.1 Å². The Morgan fingerprint density at radius 3 is 2.55 bits per heavy atom. The lowest BCUT2D eigenvalue weighted by Gasteiger charge is -2.28. The van der Waals surface area contributed by atoms with E-state index in [1.165, 1.54) is 32.1 Å². The maximum Gasteiger partial charge on any atom is 0.134 e. The molecule has 1 aromatic carbocycles. The molecule has 0 aromatic heterocycles. The molecule has 0 radical (unpaired) electrons. The van der Waals surface area contributed by atoms with E-state index >= 15 is 0 Å². The normalized spacial score (nSPS) is 19.2. The van der Waals surface area contributed by atoms with Crippen molar-refractivity contribution >= 4 is 0 Å². The van der Waals surface area contributed by atoms with Crippen LogP contribution in [0.25, 0.3) is 0 Å². The van der Waals surface area contributed by atoms with E-state index in [2.05, 4.69) is 11.4 Å². The van der Waals surface area contributed by atoms with Crippen molar-refractivity contribution in [3.8, 4) is 6.07 Å². The quantitative estimate of drug-likeness (QED) is 0.863. The Hall–Kier alpha value is -1.37. The van der Waals surface area contributed by atoms with Crippen molar-refractivity contribution in [2.24, 2.45) is 0 Å². The molecule has 0 aliphatic heterocycles. The lowest BCUT2D eigenvalue weighted by molar-refractivity contribution is 0.0200. The van der Waals surface area contributed by atoms with Crippen LogP contribution in [0.2, 0.25) is 0 Å². The van der Waals surface area contributed by atoms with Gasteiger partial charge >= 0.3 is 0 Å². The van der Waals surface area contributed by atoms with Crippen molar-refractivity contribution in [1.29, 1.82) is 5.26 Å². The van der Waals surface area contributed by atoms with E-state index in [4.69, 9.17) is 4.74 Å². The number of nitrogens with one attached hydrogen (secondary N) is 1. The summed E-state index contributed by atoms with van der Waals surface area (Å²) in [5, 5.41) is 12.8. The summed E-state index contributed by atoms with van der Waals surface area (Å²) >= 11 is 0. The largest absolute Gasteiger partial charge is 0.378 e. The molecule has 108 valence electrons. The van der Waals surface area contributed by atoms with Gasteiger partial charge in [-0.05, 0) is 25.5 Å². The van der Waals surface area contributed by atoms with E-state index in [0.717, 1.165) is 5.56 Å². The van der Waals surface area contributed by atoms with Crippen LogP contribution >= 0.6 is 0 Å². The maximum absolute atomic E-state index is 9.60. The molecule has 0 amide bonds. The van der Waals surface area contributed by atoms with Crippen molar-refractivity contribution in [2.75, 3.05) is 13.7 Å². The van der Waals surface area contributed by atoms with E-state index in [0.29, 0.717) is 19.1 Å². The Balaban J connectivity index is 1.94. The molecule has 0 heterocycles. The standard InChI is InChI=1S/C17H24N2O/c1-19-17(14-18,15-8-4-2-5-9-15)12-13-20-16-10-6-3-7-11-16/h2,4-5,8-9,16,19H,3,6-7,10-13H2,1H3. The molecule has 0 saturated heterocycles. The first kappa shape index (κ1) is 15.0. The van der Waals surface area contributed by atoms with Gasteiger partial charge in [0.05, 0.1) is 18.8 Å². The summed E-state index contributed by atoms with van der Waals surface area (Å²) < 4.78 is 5.97. The van der Waals surface area contributed by atoms with E-state index in [1.54, 1.807) is 0 Å². The van der Waals surface area contributed by atoms with Crippen molar-refractivity contribution in [1.82, 2.24) is 5.32 Å². The molecular weight excluding hydrogens is 248 g/mol. The molecule has 3 heteroatoms. The Morgan fingerprint density at radius 2 is 1.95 bits per heavy atom. The highest BCUT2D eigenvalue weighted by Crippen LogP contribution is 2.26. The number of benzene rings is 1. The van der Waals surface area contributed by atoms with Gasteiger partial charge in [-0.15, -0.1) is 0 Å². The van der Waals surface area contributed by atoms with Crippen molar-refractivity contribution in [2.45, 2.75) is 50.2 Å². The maximum atomic E-state index is 9.60. The van der Waals surface area contributed by atoms with E-state index in [-0.39, 0.29) is 0 Å². The van der Waals surface area contributed by atoms with Crippen molar-refractivity contribution in [3.63, 3.8) is 0 Å². The van der Waals surface area contributed by atoms with Gasteiger partial charge in [0.2, 0.25) is 0 Å². The van der Waals surface area contributed by atoms with Gasteiger partial charge in [-0.25, -0.2) is 0 Å². The zero-order chi connectivity index (χ0) is 14.3. The van der Waals surface area contributed by atoms with E-state index in [1.807, 2.05) is 37.4 Å². The zero-order valence-corrected chi connectivity index (χ0v) is 12.3. The first-order valence-corrected chi connectivity index (χ1v) is 7.58. The minimum Gasteiger partial charge on any atom is -0.378 e. The summed E-state index contributed by atoms with van der Waals surface area (Å²) in [6, 6.07) is 12.3. The lowest BCUT2D eigenvalue weighted by atomic mass is 9.88. The highest BCUT2D eigenvalue weighted by molar-refractivity contribution is 5.31. The molecule has 1 N–H and O–H groups in total. The van der Waals surface area contributed by atoms with Gasteiger partial charge in [-0.1, -0.05) is 49.6 Å². The first-order valence-electron chi connectivity index (χ1n) is 7.58. The highest BCUT2D eigenvalue weighted by atomic mass is 16.5. The van der Waals surface area contributed by atoms with Crippen LogP contribution in [0.15, 0.2) is 30.3 Å². The van der Waals surface area contributed by atoms with Gasteiger partial charge in [0.15, 0.2) is 0 Å². The lowest BCUT2D eigenvalue weighted by Crippen LogP contribution is -2.40. The summed E-state index contributed by atoms with van der Waals surface area (Å²) in [6.07, 6.45) is 7.31. The SMILES string of the molecule is CNC(C#N)(CCOC1CCCCC1)c1ccccc1. The molecule has 20 heavy (non-hydrogen) atoms. The zero-order valence-electron chi connectivity index (χ0n) is 12.3. The van der Waals surface area contributed by atoms with Gasteiger partial charge in [0, 0.05) is 6.42 Å². The smallest absolute Gasteiger partial charge is 0.134 e. The number of rotatable bonds is 6. The molecular formula is C17H24N2O. The van der Waals surface area contributed by atoms with Crippen molar-refractivity contribution < 1.29 is 4.74 Å². The second-order valence-corrected chi connectivity index (χ2v) is 5.51. The number of nitriles is 1. The minimum absolute atomic E-state index is 0.396. The molecule has 0 bridgehead atoms. The molecule has 1 atom stereocenters. The third-order valence-electron chi connectivity index (χ3n) is 4.27. The fourth-order valence-corrected chi connectivity index (χ4v) is 2.92. The number of hydrogen-bond acceptors (Lipinski definition) is 3. The second kappa shape index (κ2) is 7.42. The Morgan fingerprint density at radius 1 is 1.25 bits per heavy atom. The summed E-state index contributed by atoms with van der Waals surface area (Å²) in [4.78, 5) is 0. The van der Waals surface area contributed by atoms with Crippen LogP contribution in [0, 0.1) is 11.3 Å². The first-order chi connectivity index (χ1) is 9.80. The molecule has 1 fully saturated rings. The fourth-order valence-electron chi connectivity index (χ4n) is 2.92. The van der Waals surface area contributed by atoms with Crippen LogP contribution in [-0.2, 0) is 10.3 Å². The van der Waals surface area contributed by atoms with Crippen molar-refractivity contribution in [3.05, 3.63) is 35.9 Å². The number of ether oxygens (including phenoxy) is 1. The molecule has 1 aromatic rings. The van der Waals surface area contributed by atoms with Gasteiger partial charge in [0.25, 0.3) is 0 Å². The monoisotopic (exact) mass is 272 g/mol. The second-order valence-electron chi connectivity index (χ2n) is 5.51. The molecule has 1 aliphatic rings. The van der Waals surface area contributed by atoms with Crippen LogP contribution in [0.4, 0.5) is 0 Å². The van der Waals surface area contributed by atoms with E-state index in [9.17, 15) is 5.26 Å². The molecule has 3 nitrogen and oxygen atoms in total. The average molecular weight is 272 g/mol. The highest BCUT2D eigenvalue weighted by Gasteiger charge is 2.30. The number of nitrogens with zero attached hydrogens (tertiary/aromatic N) is 1. The van der Waals surface area contributed by atoms with Crippen LogP contribution in [-0.4, -0.2) is 19.8 Å². The summed E-state index contributed by atoms with van der Waals surface area (Å²) in [7, 11) is 1.84. The molecule has 0 spiro atoms. The summed E-state index contributed by atoms with van der Waals surface area (Å²) in [6.45, 7) is 0.633. The van der Waals surface area contributed by atoms with Gasteiger partial charge in [-0.2, -0.15) is 5.26 Å². The Labute approximate surface area is 121 Å². The summed E-state index contributed by atoms with van der Waals surface area (Å²) in [5.41, 5.74) is 0.368. The van der Waals surface area contributed by atoms with Crippen LogP contribution in [0.3, 0.4) is 0 Å². The fraction of sp³-hybridized carbons (Fsp3) is 0.588. The van der Waals surface area contributed by atoms with E-state index < -0.39 is 5.54 Å². The molecule has 1 saturated carbocycles. The summed E-state index contributed by atoms with van der Waals surface area (Å²) in [5.74, 6) is 0. The molecule has 2 rings (SSSR count). The third kappa shape index (κ3) is 3.59. The topological polar surface area (TPSA) is 45.0 Å². The number of hydrogen-bond donors (Lipinski definition) is 1. The van der Waals surface area contributed by atoms with Gasteiger partial charge < -0.3 is 4.74 Å². The minimum atomic E-state index is -0.643. The van der Waals surface area contributed by atoms with Gasteiger partial charge in [0.1, 0.15) is 5.54 Å². The predicted octanol–water partition coefficient (Wildman–Crippen LogP) is 3.36. The third-order valence-corrected chi connectivity index (χ3v) is 4.27. The van der Waals surface area contributed by atoms with Crippen LogP contribution < -0.4 is 5.32 Å².